The van der Waals surface area contributed by atoms with Crippen molar-refractivity contribution in [3.63, 3.8) is 0 Å². The molecule has 0 heterocycles. The third-order valence-electron chi connectivity index (χ3n) is 2.59. The van der Waals surface area contributed by atoms with Crippen molar-refractivity contribution >= 4 is 5.78 Å². The molecule has 1 rings (SSSR count). The van der Waals surface area contributed by atoms with E-state index in [4.69, 9.17) is 5.26 Å². The number of carbonyl (C=O) groups is 1. The summed E-state index contributed by atoms with van der Waals surface area (Å²) in [6.07, 6.45) is 1.20. The molecule has 2 nitrogen and oxygen atoms in total. The third kappa shape index (κ3) is 1.86. The normalized spacial score (nSPS) is 22.8. The van der Waals surface area contributed by atoms with Crippen molar-refractivity contribution < 1.29 is 4.79 Å². The van der Waals surface area contributed by atoms with Gasteiger partial charge in [-0.1, -0.05) is 12.2 Å². The highest BCUT2D eigenvalue weighted by molar-refractivity contribution is 5.97. The summed E-state index contributed by atoms with van der Waals surface area (Å²) in [5.41, 5.74) is 2.26. The van der Waals surface area contributed by atoms with Gasteiger partial charge in [-0.3, -0.25) is 4.79 Å². The molecule has 0 aromatic heterocycles. The van der Waals surface area contributed by atoms with Gasteiger partial charge in [0.15, 0.2) is 5.78 Å². The van der Waals surface area contributed by atoms with Crippen LogP contribution in [0.4, 0.5) is 0 Å². The van der Waals surface area contributed by atoms with Gasteiger partial charge in [0.25, 0.3) is 0 Å². The van der Waals surface area contributed by atoms with E-state index in [1.807, 2.05) is 6.92 Å². The lowest BCUT2D eigenvalue weighted by Gasteiger charge is -2.21. The van der Waals surface area contributed by atoms with Gasteiger partial charge in [-0.25, -0.2) is 0 Å². The second-order valence-corrected chi connectivity index (χ2v) is 3.59. The van der Waals surface area contributed by atoms with E-state index in [0.717, 1.165) is 5.57 Å². The van der Waals surface area contributed by atoms with Gasteiger partial charge in [0.2, 0.25) is 0 Å². The minimum atomic E-state index is 0.0933. The van der Waals surface area contributed by atoms with E-state index in [2.05, 4.69) is 12.6 Å². The Hall–Kier alpha value is -1.36. The van der Waals surface area contributed by atoms with Crippen LogP contribution in [0.15, 0.2) is 23.3 Å². The van der Waals surface area contributed by atoms with Crippen molar-refractivity contribution in [1.29, 1.82) is 5.26 Å². The number of hydrogen-bond acceptors (Lipinski definition) is 2. The maximum absolute atomic E-state index is 11.4. The van der Waals surface area contributed by atoms with Crippen molar-refractivity contribution in [2.24, 2.45) is 5.92 Å². The Kier molecular flexibility index (Phi) is 2.67. The summed E-state index contributed by atoms with van der Waals surface area (Å²) >= 11 is 0. The van der Waals surface area contributed by atoms with Gasteiger partial charge in [-0.05, 0) is 26.2 Å². The Bertz CT molecular complexity index is 330. The maximum atomic E-state index is 11.4. The van der Waals surface area contributed by atoms with Crippen molar-refractivity contribution in [2.45, 2.75) is 26.7 Å². The van der Waals surface area contributed by atoms with Crippen LogP contribution in [0.3, 0.4) is 0 Å². The highest BCUT2D eigenvalue weighted by atomic mass is 16.1. The third-order valence-corrected chi connectivity index (χ3v) is 2.59. The Morgan fingerprint density at radius 2 is 2.23 bits per heavy atom. The Balaban J connectivity index is 2.97. The lowest BCUT2D eigenvalue weighted by molar-refractivity contribution is -0.116. The van der Waals surface area contributed by atoms with Crippen molar-refractivity contribution in [3.8, 4) is 6.07 Å². The molecule has 0 spiro atoms. The standard InChI is InChI=1S/C11H13NO/c1-7(2)9-4-10(6-12)8(3)11(13)5-9/h9H,1,4-5H2,2-3H3/t9-/m0/s1. The van der Waals surface area contributed by atoms with Gasteiger partial charge in [0.1, 0.15) is 0 Å². The molecule has 0 unspecified atom stereocenters. The Morgan fingerprint density at radius 3 is 2.69 bits per heavy atom. The average Bonchev–Trinajstić information content (AvgIpc) is 2.09. The quantitative estimate of drug-likeness (QED) is 0.574. The molecule has 0 aliphatic heterocycles. The molecular weight excluding hydrogens is 162 g/mol. The predicted molar refractivity (Wildman–Crippen MR) is 50.9 cm³/mol. The molecule has 0 bridgehead atoms. The zero-order valence-corrected chi connectivity index (χ0v) is 8.05. The van der Waals surface area contributed by atoms with Gasteiger partial charge < -0.3 is 0 Å². The van der Waals surface area contributed by atoms with Crippen LogP contribution >= 0.6 is 0 Å². The van der Waals surface area contributed by atoms with Crippen LogP contribution in [-0.4, -0.2) is 5.78 Å². The van der Waals surface area contributed by atoms with Gasteiger partial charge in [0.05, 0.1) is 6.07 Å². The van der Waals surface area contributed by atoms with Crippen LogP contribution in [0.5, 0.6) is 0 Å². The van der Waals surface area contributed by atoms with Gasteiger partial charge in [0, 0.05) is 17.6 Å². The molecule has 1 atom stereocenters. The maximum Gasteiger partial charge on any atom is 0.160 e. The van der Waals surface area contributed by atoms with Crippen LogP contribution in [0, 0.1) is 17.2 Å². The number of Topliss-reactive ketones (excluding diaryl/α,β-unsaturated/α-hetero) is 1. The molecule has 2 heteroatoms. The highest BCUT2D eigenvalue weighted by Crippen LogP contribution is 2.30. The van der Waals surface area contributed by atoms with E-state index >= 15 is 0 Å². The van der Waals surface area contributed by atoms with Crippen molar-refractivity contribution in [2.75, 3.05) is 0 Å². The lowest BCUT2D eigenvalue weighted by Crippen LogP contribution is -2.18. The second-order valence-electron chi connectivity index (χ2n) is 3.59. The monoisotopic (exact) mass is 175 g/mol. The molecule has 68 valence electrons. The molecule has 0 amide bonds. The van der Waals surface area contributed by atoms with E-state index in [0.29, 0.717) is 24.0 Å². The van der Waals surface area contributed by atoms with E-state index in [-0.39, 0.29) is 11.7 Å². The van der Waals surface area contributed by atoms with E-state index < -0.39 is 0 Å². The first-order valence-corrected chi connectivity index (χ1v) is 4.34. The number of ketones is 1. The summed E-state index contributed by atoms with van der Waals surface area (Å²) < 4.78 is 0. The number of allylic oxidation sites excluding steroid dienone is 3. The largest absolute Gasteiger partial charge is 0.295 e. The fourth-order valence-corrected chi connectivity index (χ4v) is 1.49. The first-order valence-electron chi connectivity index (χ1n) is 4.34. The summed E-state index contributed by atoms with van der Waals surface area (Å²) in [6.45, 7) is 7.46. The van der Waals surface area contributed by atoms with E-state index in [1.54, 1.807) is 6.92 Å². The fraction of sp³-hybridized carbons (Fsp3) is 0.455. The highest BCUT2D eigenvalue weighted by Gasteiger charge is 2.25. The lowest BCUT2D eigenvalue weighted by atomic mass is 9.81. The smallest absolute Gasteiger partial charge is 0.160 e. The first kappa shape index (κ1) is 9.73. The first-order chi connectivity index (χ1) is 6.06. The molecule has 0 aromatic rings. The van der Waals surface area contributed by atoms with Gasteiger partial charge in [-0.15, -0.1) is 0 Å². The van der Waals surface area contributed by atoms with Gasteiger partial charge >= 0.3 is 0 Å². The zero-order chi connectivity index (χ0) is 10.0. The van der Waals surface area contributed by atoms with Crippen LogP contribution in [-0.2, 0) is 4.79 Å². The Labute approximate surface area is 78.6 Å². The summed E-state index contributed by atoms with van der Waals surface area (Å²) in [4.78, 5) is 11.4. The molecule has 0 saturated heterocycles. The van der Waals surface area contributed by atoms with Gasteiger partial charge in [-0.2, -0.15) is 5.26 Å². The van der Waals surface area contributed by atoms with Crippen LogP contribution in [0.2, 0.25) is 0 Å². The molecule has 1 aliphatic carbocycles. The van der Waals surface area contributed by atoms with E-state index in [9.17, 15) is 4.79 Å². The summed E-state index contributed by atoms with van der Waals surface area (Å²) in [7, 11) is 0. The molecule has 1 aliphatic rings. The average molecular weight is 175 g/mol. The summed E-state index contributed by atoms with van der Waals surface area (Å²) in [5.74, 6) is 0.265. The SMILES string of the molecule is C=C(C)[C@@H]1CC(=O)C(C)=C(C#N)C1. The number of nitrogens with zero attached hydrogens (tertiary/aromatic N) is 1. The zero-order valence-electron chi connectivity index (χ0n) is 8.05. The minimum Gasteiger partial charge on any atom is -0.295 e. The van der Waals surface area contributed by atoms with Crippen LogP contribution < -0.4 is 0 Å². The number of hydrogen-bond donors (Lipinski definition) is 0. The molecule has 0 N–H and O–H groups in total. The molecule has 0 fully saturated rings. The van der Waals surface area contributed by atoms with Crippen LogP contribution in [0.1, 0.15) is 26.7 Å². The van der Waals surface area contributed by atoms with E-state index in [1.165, 1.54) is 0 Å². The Morgan fingerprint density at radius 1 is 1.62 bits per heavy atom. The van der Waals surface area contributed by atoms with Crippen molar-refractivity contribution in [1.82, 2.24) is 0 Å². The topological polar surface area (TPSA) is 40.9 Å². The van der Waals surface area contributed by atoms with Crippen LogP contribution in [0.25, 0.3) is 0 Å². The second kappa shape index (κ2) is 3.57. The summed E-state index contributed by atoms with van der Waals surface area (Å²) in [6, 6.07) is 2.09. The molecule has 13 heavy (non-hydrogen) atoms. The molecule has 0 radical (unpaired) electrons. The number of carbonyl (C=O) groups excluding carboxylic acids is 1. The summed E-state index contributed by atoms with van der Waals surface area (Å²) in [5, 5.41) is 8.79. The number of nitriles is 1. The fourth-order valence-electron chi connectivity index (χ4n) is 1.49. The van der Waals surface area contributed by atoms with Crippen molar-refractivity contribution in [3.05, 3.63) is 23.3 Å². The molecule has 0 aromatic carbocycles. The predicted octanol–water partition coefficient (Wildman–Crippen LogP) is 2.38. The number of rotatable bonds is 1. The molecular formula is C11H13NO. The minimum absolute atomic E-state index is 0.0933. The molecule has 0 saturated carbocycles.